The Morgan fingerprint density at radius 3 is 2.57 bits per heavy atom. The van der Waals surface area contributed by atoms with Gasteiger partial charge in [0.05, 0.1) is 11.2 Å². The molecule has 6 unspecified atom stereocenters. The third kappa shape index (κ3) is 3.99. The normalized spacial score (nSPS) is 40.4. The van der Waals surface area contributed by atoms with E-state index >= 15 is 0 Å². The molecule has 1 aromatic heterocycles. The first-order chi connectivity index (χ1) is 14.2. The van der Waals surface area contributed by atoms with Crippen LogP contribution in [0.2, 0.25) is 0 Å². The van der Waals surface area contributed by atoms with Crippen LogP contribution in [0, 0.1) is 23.7 Å². The van der Waals surface area contributed by atoms with Gasteiger partial charge < -0.3 is 26.4 Å². The van der Waals surface area contributed by atoms with E-state index in [0.717, 1.165) is 44.9 Å². The standard InChI is InChI=1S/C24H39N3O3/c1-22(2)20-5-6-24(30-22,15-23(20,26)7-8-28)19-11-17(10-18(12-19)14-29)9-16-3-4-21(25)27-13-16/h3-4,13,17-20,28-29H,5-12,14-15,26H2,1-2H3,(H2,25,27). The molecule has 0 amide bonds. The summed E-state index contributed by atoms with van der Waals surface area (Å²) in [5, 5.41) is 19.8. The van der Waals surface area contributed by atoms with Crippen molar-refractivity contribution in [2.75, 3.05) is 18.9 Å². The number of nitrogens with two attached hydrogens (primary N) is 2. The minimum Gasteiger partial charge on any atom is -0.396 e. The molecule has 6 heteroatoms. The fourth-order valence-corrected chi connectivity index (χ4v) is 7.27. The van der Waals surface area contributed by atoms with Gasteiger partial charge in [-0.05, 0) is 94.6 Å². The van der Waals surface area contributed by atoms with Gasteiger partial charge in [-0.1, -0.05) is 6.07 Å². The molecule has 6 atom stereocenters. The summed E-state index contributed by atoms with van der Waals surface area (Å²) in [4.78, 5) is 4.25. The van der Waals surface area contributed by atoms with Crippen LogP contribution in [0.4, 0.5) is 5.82 Å². The third-order valence-electron chi connectivity index (χ3n) is 8.34. The highest BCUT2D eigenvalue weighted by Crippen LogP contribution is 2.59. The first-order valence-corrected chi connectivity index (χ1v) is 11.6. The second-order valence-electron chi connectivity index (χ2n) is 10.9. The zero-order chi connectivity index (χ0) is 21.6. The van der Waals surface area contributed by atoms with Gasteiger partial charge in [0.25, 0.3) is 0 Å². The Bertz CT molecular complexity index is 740. The number of aliphatic hydroxyl groups excluding tert-OH is 2. The van der Waals surface area contributed by atoms with Crippen LogP contribution < -0.4 is 11.5 Å². The Balaban J connectivity index is 1.58. The van der Waals surface area contributed by atoms with E-state index in [1.165, 1.54) is 5.56 Å². The topological polar surface area (TPSA) is 115 Å². The Labute approximate surface area is 180 Å². The van der Waals surface area contributed by atoms with E-state index in [-0.39, 0.29) is 35.9 Å². The summed E-state index contributed by atoms with van der Waals surface area (Å²) in [6.45, 7) is 4.69. The molecule has 4 aliphatic rings. The average Bonchev–Trinajstić information content (AvgIpc) is 2.68. The van der Waals surface area contributed by atoms with Crippen molar-refractivity contribution >= 4 is 5.82 Å². The molecule has 2 aliphatic heterocycles. The number of fused-ring (bicyclic) bond motifs is 3. The molecule has 6 nitrogen and oxygen atoms in total. The number of rotatable bonds is 6. The molecule has 2 saturated heterocycles. The minimum atomic E-state index is -0.378. The number of anilines is 1. The van der Waals surface area contributed by atoms with Crippen molar-refractivity contribution in [1.29, 1.82) is 0 Å². The van der Waals surface area contributed by atoms with Crippen LogP contribution in [-0.4, -0.2) is 45.2 Å². The molecular formula is C24H39N3O3. The van der Waals surface area contributed by atoms with Gasteiger partial charge in [0, 0.05) is 30.9 Å². The summed E-state index contributed by atoms with van der Waals surface area (Å²) in [5.41, 5.74) is 13.0. The quantitative estimate of drug-likeness (QED) is 0.566. The van der Waals surface area contributed by atoms with Crippen LogP contribution in [-0.2, 0) is 11.2 Å². The zero-order valence-corrected chi connectivity index (χ0v) is 18.5. The molecule has 3 heterocycles. The first-order valence-electron chi connectivity index (χ1n) is 11.6. The number of hydrogen-bond acceptors (Lipinski definition) is 6. The van der Waals surface area contributed by atoms with Crippen LogP contribution in [0.3, 0.4) is 0 Å². The lowest BCUT2D eigenvalue weighted by atomic mass is 9.52. The van der Waals surface area contributed by atoms with Crippen LogP contribution in [0.5, 0.6) is 0 Å². The summed E-state index contributed by atoms with van der Waals surface area (Å²) >= 11 is 0. The van der Waals surface area contributed by atoms with Crippen molar-refractivity contribution in [1.82, 2.24) is 4.98 Å². The van der Waals surface area contributed by atoms with E-state index in [0.29, 0.717) is 30.0 Å². The molecule has 6 N–H and O–H groups in total. The maximum absolute atomic E-state index is 10.1. The highest BCUT2D eigenvalue weighted by Gasteiger charge is 2.63. The zero-order valence-electron chi connectivity index (χ0n) is 18.5. The number of nitrogens with zero attached hydrogens (tertiary/aromatic N) is 1. The van der Waals surface area contributed by atoms with Crippen LogP contribution in [0.25, 0.3) is 0 Å². The Morgan fingerprint density at radius 1 is 1.17 bits per heavy atom. The lowest BCUT2D eigenvalue weighted by Crippen LogP contribution is -2.72. The van der Waals surface area contributed by atoms with E-state index in [2.05, 4.69) is 24.9 Å². The highest BCUT2D eigenvalue weighted by molar-refractivity contribution is 5.29. The predicted octanol–water partition coefficient (Wildman–Crippen LogP) is 2.66. The molecule has 0 aromatic carbocycles. The van der Waals surface area contributed by atoms with E-state index in [1.54, 1.807) is 0 Å². The van der Waals surface area contributed by atoms with Crippen LogP contribution in [0.1, 0.15) is 64.4 Å². The van der Waals surface area contributed by atoms with Gasteiger partial charge >= 0.3 is 0 Å². The number of aromatic nitrogens is 1. The summed E-state index contributed by atoms with van der Waals surface area (Å²) in [6.07, 6.45) is 9.45. The van der Waals surface area contributed by atoms with Crippen molar-refractivity contribution in [3.8, 4) is 0 Å². The van der Waals surface area contributed by atoms with Gasteiger partial charge in [-0.15, -0.1) is 0 Å². The molecule has 0 radical (unpaired) electrons. The molecule has 2 aliphatic carbocycles. The monoisotopic (exact) mass is 417 g/mol. The van der Waals surface area contributed by atoms with Gasteiger partial charge in [-0.25, -0.2) is 4.98 Å². The maximum atomic E-state index is 10.1. The SMILES string of the molecule is CC1(C)OC2(C3CC(CO)CC(Cc4ccc(N)nc4)C3)CCC1C(N)(CCO)C2. The molecule has 30 heavy (non-hydrogen) atoms. The van der Waals surface area contributed by atoms with Crippen LogP contribution >= 0.6 is 0 Å². The lowest BCUT2D eigenvalue weighted by molar-refractivity contribution is -0.289. The Kier molecular flexibility index (Phi) is 5.90. The molecule has 1 aromatic rings. The fraction of sp³-hybridized carbons (Fsp3) is 0.792. The fourth-order valence-electron chi connectivity index (χ4n) is 7.27. The van der Waals surface area contributed by atoms with E-state index in [1.807, 2.05) is 12.3 Å². The second-order valence-corrected chi connectivity index (χ2v) is 10.9. The van der Waals surface area contributed by atoms with E-state index < -0.39 is 0 Å². The summed E-state index contributed by atoms with van der Waals surface area (Å²) in [5.74, 6) is 1.97. The maximum Gasteiger partial charge on any atom is 0.123 e. The van der Waals surface area contributed by atoms with Gasteiger partial charge in [-0.2, -0.15) is 0 Å². The predicted molar refractivity (Wildman–Crippen MR) is 118 cm³/mol. The number of aliphatic hydroxyl groups is 2. The van der Waals surface area contributed by atoms with Crippen molar-refractivity contribution in [2.45, 2.75) is 82.0 Å². The smallest absolute Gasteiger partial charge is 0.123 e. The largest absolute Gasteiger partial charge is 0.396 e. The molecular weight excluding hydrogens is 378 g/mol. The number of hydrogen-bond donors (Lipinski definition) is 4. The van der Waals surface area contributed by atoms with Crippen LogP contribution in [0.15, 0.2) is 18.3 Å². The van der Waals surface area contributed by atoms with E-state index in [9.17, 15) is 10.2 Å². The second kappa shape index (κ2) is 8.05. The molecule has 168 valence electrons. The summed E-state index contributed by atoms with van der Waals surface area (Å²) in [6, 6.07) is 3.93. The van der Waals surface area contributed by atoms with Gasteiger partial charge in [0.1, 0.15) is 5.82 Å². The summed E-state index contributed by atoms with van der Waals surface area (Å²) < 4.78 is 6.88. The minimum absolute atomic E-state index is 0.121. The number of nitrogen functional groups attached to an aromatic ring is 1. The highest BCUT2D eigenvalue weighted by atomic mass is 16.5. The number of pyridine rings is 1. The molecule has 2 saturated carbocycles. The Morgan fingerprint density at radius 2 is 1.93 bits per heavy atom. The van der Waals surface area contributed by atoms with Crippen molar-refractivity contribution in [2.24, 2.45) is 29.4 Å². The molecule has 4 fully saturated rings. The van der Waals surface area contributed by atoms with Gasteiger partial charge in [-0.3, -0.25) is 0 Å². The average molecular weight is 418 g/mol. The Hall–Kier alpha value is -1.21. The van der Waals surface area contributed by atoms with Crippen molar-refractivity contribution in [3.05, 3.63) is 23.9 Å². The third-order valence-corrected chi connectivity index (χ3v) is 8.34. The molecule has 2 bridgehead atoms. The number of ether oxygens (including phenoxy) is 1. The molecule has 0 spiro atoms. The van der Waals surface area contributed by atoms with E-state index in [4.69, 9.17) is 16.2 Å². The molecule has 5 rings (SSSR count). The van der Waals surface area contributed by atoms with Gasteiger partial charge in [0.15, 0.2) is 0 Å². The van der Waals surface area contributed by atoms with Crippen molar-refractivity contribution in [3.63, 3.8) is 0 Å². The first kappa shape index (κ1) is 22.0. The van der Waals surface area contributed by atoms with Crippen molar-refractivity contribution < 1.29 is 14.9 Å². The lowest BCUT2D eigenvalue weighted by Gasteiger charge is -2.65. The van der Waals surface area contributed by atoms with Gasteiger partial charge in [0.2, 0.25) is 0 Å². The summed E-state index contributed by atoms with van der Waals surface area (Å²) in [7, 11) is 0.